The molecule has 3 rings (SSSR count). The molecular weight excluding hydrogens is 456 g/mol. The van der Waals surface area contributed by atoms with Crippen LogP contribution in [0.4, 0.5) is 4.39 Å². The second kappa shape index (κ2) is 10.2. The Morgan fingerprint density at radius 2 is 1.93 bits per heavy atom. The van der Waals surface area contributed by atoms with Gasteiger partial charge in [-0.3, -0.25) is 0 Å². The SMILES string of the molecule is CCNC(=NCc1cn2c(C)cccc2n1)NCCc1ccc(F)cc1.I. The summed E-state index contributed by atoms with van der Waals surface area (Å²) in [6.45, 7) is 6.11. The molecule has 144 valence electrons. The van der Waals surface area contributed by atoms with Crippen molar-refractivity contribution < 1.29 is 4.39 Å². The van der Waals surface area contributed by atoms with Crippen LogP contribution < -0.4 is 10.6 Å². The molecule has 7 heteroatoms. The van der Waals surface area contributed by atoms with Crippen molar-refractivity contribution in [3.05, 3.63) is 71.4 Å². The normalized spacial score (nSPS) is 11.3. The minimum absolute atomic E-state index is 0. The first-order chi connectivity index (χ1) is 12.7. The Kier molecular flexibility index (Phi) is 8.02. The molecule has 2 heterocycles. The van der Waals surface area contributed by atoms with Crippen LogP contribution in [0.2, 0.25) is 0 Å². The third-order valence-corrected chi connectivity index (χ3v) is 4.11. The maximum Gasteiger partial charge on any atom is 0.191 e. The first kappa shape index (κ1) is 21.1. The number of nitrogens with one attached hydrogen (secondary N) is 2. The van der Waals surface area contributed by atoms with Gasteiger partial charge < -0.3 is 15.0 Å². The van der Waals surface area contributed by atoms with E-state index in [2.05, 4.69) is 38.0 Å². The number of halogens is 2. The molecule has 2 aromatic heterocycles. The summed E-state index contributed by atoms with van der Waals surface area (Å²) in [6.07, 6.45) is 2.83. The summed E-state index contributed by atoms with van der Waals surface area (Å²) in [6, 6.07) is 12.6. The average molecular weight is 481 g/mol. The number of aromatic nitrogens is 2. The highest BCUT2D eigenvalue weighted by Crippen LogP contribution is 2.09. The predicted octanol–water partition coefficient (Wildman–Crippen LogP) is 3.70. The van der Waals surface area contributed by atoms with E-state index in [9.17, 15) is 4.39 Å². The molecule has 2 N–H and O–H groups in total. The number of fused-ring (bicyclic) bond motifs is 1. The van der Waals surface area contributed by atoms with Crippen molar-refractivity contribution >= 4 is 35.6 Å². The summed E-state index contributed by atoms with van der Waals surface area (Å²) in [7, 11) is 0. The number of guanidine groups is 1. The fraction of sp³-hybridized carbons (Fsp3) is 0.300. The summed E-state index contributed by atoms with van der Waals surface area (Å²) in [5.41, 5.74) is 4.10. The van der Waals surface area contributed by atoms with E-state index in [1.807, 2.05) is 25.3 Å². The Hall–Kier alpha value is -2.16. The van der Waals surface area contributed by atoms with Crippen LogP contribution in [-0.4, -0.2) is 28.4 Å². The fourth-order valence-corrected chi connectivity index (χ4v) is 2.75. The van der Waals surface area contributed by atoms with Crippen molar-refractivity contribution in [1.29, 1.82) is 0 Å². The van der Waals surface area contributed by atoms with Gasteiger partial charge in [-0.1, -0.05) is 18.2 Å². The molecule has 0 amide bonds. The van der Waals surface area contributed by atoms with Gasteiger partial charge in [-0.05, 0) is 50.1 Å². The summed E-state index contributed by atoms with van der Waals surface area (Å²) < 4.78 is 15.0. The van der Waals surface area contributed by atoms with E-state index in [1.54, 1.807) is 12.1 Å². The van der Waals surface area contributed by atoms with Crippen molar-refractivity contribution in [2.24, 2.45) is 4.99 Å². The Bertz CT molecular complexity index is 889. The standard InChI is InChI=1S/C20H24FN5.HI/c1-3-22-20(23-12-11-16-7-9-17(21)10-8-16)24-13-18-14-26-15(2)5-4-6-19(26)25-18;/h4-10,14H,3,11-13H2,1-2H3,(H2,22,23,24);1H. The molecule has 3 aromatic rings. The van der Waals surface area contributed by atoms with E-state index in [4.69, 9.17) is 0 Å². The summed E-state index contributed by atoms with van der Waals surface area (Å²) in [5, 5.41) is 6.55. The van der Waals surface area contributed by atoms with Gasteiger partial charge in [0.2, 0.25) is 0 Å². The molecule has 0 radical (unpaired) electrons. The van der Waals surface area contributed by atoms with Gasteiger partial charge in [-0.2, -0.15) is 0 Å². The van der Waals surface area contributed by atoms with E-state index < -0.39 is 0 Å². The van der Waals surface area contributed by atoms with Gasteiger partial charge in [0.15, 0.2) is 5.96 Å². The Labute approximate surface area is 176 Å². The molecule has 0 fully saturated rings. The fourth-order valence-electron chi connectivity index (χ4n) is 2.75. The Morgan fingerprint density at radius 3 is 2.63 bits per heavy atom. The molecule has 1 aromatic carbocycles. The summed E-state index contributed by atoms with van der Waals surface area (Å²) in [4.78, 5) is 9.22. The van der Waals surface area contributed by atoms with Gasteiger partial charge in [-0.25, -0.2) is 14.4 Å². The van der Waals surface area contributed by atoms with Crippen LogP contribution in [-0.2, 0) is 13.0 Å². The lowest BCUT2D eigenvalue weighted by Gasteiger charge is -2.11. The van der Waals surface area contributed by atoms with Crippen LogP contribution in [0, 0.1) is 12.7 Å². The Morgan fingerprint density at radius 1 is 1.15 bits per heavy atom. The lowest BCUT2D eigenvalue weighted by Crippen LogP contribution is -2.38. The molecule has 0 atom stereocenters. The maximum absolute atomic E-state index is 12.9. The number of imidazole rings is 1. The molecule has 0 aliphatic rings. The van der Waals surface area contributed by atoms with Gasteiger partial charge in [0.25, 0.3) is 0 Å². The highest BCUT2D eigenvalue weighted by atomic mass is 127. The van der Waals surface area contributed by atoms with Crippen LogP contribution in [0.25, 0.3) is 5.65 Å². The van der Waals surface area contributed by atoms with Crippen molar-refractivity contribution in [2.45, 2.75) is 26.8 Å². The summed E-state index contributed by atoms with van der Waals surface area (Å²) >= 11 is 0. The molecule has 0 spiro atoms. The molecule has 0 saturated carbocycles. The lowest BCUT2D eigenvalue weighted by atomic mass is 10.1. The van der Waals surface area contributed by atoms with Gasteiger partial charge in [0, 0.05) is 25.0 Å². The quantitative estimate of drug-likeness (QED) is 0.321. The first-order valence-corrected chi connectivity index (χ1v) is 8.86. The first-order valence-electron chi connectivity index (χ1n) is 8.86. The van der Waals surface area contributed by atoms with Crippen LogP contribution in [0.5, 0.6) is 0 Å². The topological polar surface area (TPSA) is 53.7 Å². The number of hydrogen-bond acceptors (Lipinski definition) is 2. The van der Waals surface area contributed by atoms with Crippen LogP contribution in [0.3, 0.4) is 0 Å². The number of hydrogen-bond donors (Lipinski definition) is 2. The van der Waals surface area contributed by atoms with Crippen molar-refractivity contribution in [3.63, 3.8) is 0 Å². The number of aryl methyl sites for hydroxylation is 1. The molecular formula is C20H25FIN5. The van der Waals surface area contributed by atoms with Crippen LogP contribution >= 0.6 is 24.0 Å². The maximum atomic E-state index is 12.9. The van der Waals surface area contributed by atoms with Gasteiger partial charge in [-0.15, -0.1) is 24.0 Å². The van der Waals surface area contributed by atoms with E-state index >= 15 is 0 Å². The number of rotatable bonds is 6. The zero-order chi connectivity index (χ0) is 18.4. The highest BCUT2D eigenvalue weighted by Gasteiger charge is 2.04. The smallest absolute Gasteiger partial charge is 0.191 e. The zero-order valence-corrected chi connectivity index (χ0v) is 17.9. The highest BCUT2D eigenvalue weighted by molar-refractivity contribution is 14.0. The number of pyridine rings is 1. The summed E-state index contributed by atoms with van der Waals surface area (Å²) in [5.74, 6) is 0.544. The van der Waals surface area contributed by atoms with Crippen molar-refractivity contribution in [2.75, 3.05) is 13.1 Å². The molecule has 0 bridgehead atoms. The van der Waals surface area contributed by atoms with E-state index in [0.29, 0.717) is 6.54 Å². The van der Waals surface area contributed by atoms with E-state index in [1.165, 1.54) is 12.1 Å². The molecule has 0 saturated heterocycles. The number of nitrogens with zero attached hydrogens (tertiary/aromatic N) is 3. The third-order valence-electron chi connectivity index (χ3n) is 4.11. The predicted molar refractivity (Wildman–Crippen MR) is 118 cm³/mol. The van der Waals surface area contributed by atoms with Crippen molar-refractivity contribution in [1.82, 2.24) is 20.0 Å². The lowest BCUT2D eigenvalue weighted by molar-refractivity contribution is 0.626. The molecule has 0 aliphatic heterocycles. The third kappa shape index (κ3) is 5.92. The second-order valence-electron chi connectivity index (χ2n) is 6.13. The van der Waals surface area contributed by atoms with Gasteiger partial charge in [0.05, 0.1) is 12.2 Å². The second-order valence-corrected chi connectivity index (χ2v) is 6.13. The molecule has 0 aliphatic carbocycles. The molecule has 0 unspecified atom stereocenters. The van der Waals surface area contributed by atoms with E-state index in [0.717, 1.165) is 48.1 Å². The van der Waals surface area contributed by atoms with Crippen LogP contribution in [0.1, 0.15) is 23.9 Å². The largest absolute Gasteiger partial charge is 0.357 e. The minimum Gasteiger partial charge on any atom is -0.357 e. The number of benzene rings is 1. The zero-order valence-electron chi connectivity index (χ0n) is 15.6. The molecule has 27 heavy (non-hydrogen) atoms. The Balaban J connectivity index is 0.00000261. The molecule has 5 nitrogen and oxygen atoms in total. The van der Waals surface area contributed by atoms with Crippen molar-refractivity contribution in [3.8, 4) is 0 Å². The average Bonchev–Trinajstić information content (AvgIpc) is 3.06. The van der Waals surface area contributed by atoms with Gasteiger partial charge in [0.1, 0.15) is 11.5 Å². The number of aliphatic imine (C=N–C) groups is 1. The van der Waals surface area contributed by atoms with Gasteiger partial charge >= 0.3 is 0 Å². The monoisotopic (exact) mass is 481 g/mol. The minimum atomic E-state index is -0.209. The van der Waals surface area contributed by atoms with E-state index in [-0.39, 0.29) is 29.8 Å². The van der Waals surface area contributed by atoms with Crippen LogP contribution in [0.15, 0.2) is 53.7 Å².